The lowest BCUT2D eigenvalue weighted by atomic mass is 10.2. The molecule has 78 valence electrons. The molecule has 0 aliphatic heterocycles. The van der Waals surface area contributed by atoms with Crippen LogP contribution in [-0.4, -0.2) is 0 Å². The molecule has 1 aromatic carbocycles. The number of ether oxygens (including phenoxy) is 1. The van der Waals surface area contributed by atoms with Crippen molar-refractivity contribution < 1.29 is 4.74 Å². The largest absolute Gasteiger partial charge is 0.489 e. The zero-order valence-electron chi connectivity index (χ0n) is 8.99. The molecule has 1 heterocycles. The van der Waals surface area contributed by atoms with E-state index in [0.29, 0.717) is 6.61 Å². The van der Waals surface area contributed by atoms with Crippen LogP contribution in [0.5, 0.6) is 5.75 Å². The van der Waals surface area contributed by atoms with Gasteiger partial charge in [0.2, 0.25) is 0 Å². The van der Waals surface area contributed by atoms with Gasteiger partial charge in [0, 0.05) is 10.4 Å². The van der Waals surface area contributed by atoms with E-state index in [4.69, 9.17) is 4.74 Å². The molecule has 15 heavy (non-hydrogen) atoms. The fraction of sp³-hybridized carbons (Fsp3) is 0.231. The van der Waals surface area contributed by atoms with Crippen molar-refractivity contribution in [3.05, 3.63) is 51.7 Å². The van der Waals surface area contributed by atoms with Gasteiger partial charge in [0.05, 0.1) is 0 Å². The van der Waals surface area contributed by atoms with Gasteiger partial charge in [-0.2, -0.15) is 0 Å². The Balaban J connectivity index is 1.99. The summed E-state index contributed by atoms with van der Waals surface area (Å²) in [6.07, 6.45) is 0. The van der Waals surface area contributed by atoms with Crippen LogP contribution >= 0.6 is 11.3 Å². The highest BCUT2D eigenvalue weighted by Crippen LogP contribution is 2.18. The summed E-state index contributed by atoms with van der Waals surface area (Å²) >= 11 is 1.76. The molecule has 0 aliphatic rings. The Morgan fingerprint density at radius 3 is 2.40 bits per heavy atom. The first kappa shape index (κ1) is 10.2. The molecule has 0 amide bonds. The molecule has 0 saturated heterocycles. The average molecular weight is 218 g/mol. The predicted molar refractivity (Wildman–Crippen MR) is 64.6 cm³/mol. The van der Waals surface area contributed by atoms with Gasteiger partial charge >= 0.3 is 0 Å². The second-order valence-electron chi connectivity index (χ2n) is 3.60. The van der Waals surface area contributed by atoms with Crippen LogP contribution < -0.4 is 4.74 Å². The normalized spacial score (nSPS) is 10.3. The average Bonchev–Trinajstić information content (AvgIpc) is 2.63. The van der Waals surface area contributed by atoms with Gasteiger partial charge in [0.15, 0.2) is 0 Å². The van der Waals surface area contributed by atoms with Crippen molar-refractivity contribution in [3.63, 3.8) is 0 Å². The van der Waals surface area contributed by atoms with Gasteiger partial charge in [-0.15, -0.1) is 11.3 Å². The minimum Gasteiger partial charge on any atom is -0.489 e. The van der Waals surface area contributed by atoms with Gasteiger partial charge in [-0.05, 0) is 37.4 Å². The number of hydrogen-bond donors (Lipinski definition) is 0. The summed E-state index contributed by atoms with van der Waals surface area (Å²) in [5.74, 6) is 0.936. The molecule has 0 atom stereocenters. The van der Waals surface area contributed by atoms with E-state index in [1.165, 1.54) is 16.0 Å². The van der Waals surface area contributed by atoms with Crippen LogP contribution in [0.25, 0.3) is 0 Å². The molecular weight excluding hydrogens is 204 g/mol. The third kappa shape index (κ3) is 2.60. The first-order chi connectivity index (χ1) is 7.25. The maximum atomic E-state index is 5.69. The summed E-state index contributed by atoms with van der Waals surface area (Å²) in [7, 11) is 0. The molecule has 0 bridgehead atoms. The van der Waals surface area contributed by atoms with Gasteiger partial charge in [-0.25, -0.2) is 0 Å². The fourth-order valence-electron chi connectivity index (χ4n) is 1.36. The van der Waals surface area contributed by atoms with Gasteiger partial charge in [0.1, 0.15) is 12.4 Å². The Labute approximate surface area is 94.3 Å². The Morgan fingerprint density at radius 2 is 1.80 bits per heavy atom. The van der Waals surface area contributed by atoms with Gasteiger partial charge < -0.3 is 4.74 Å². The monoisotopic (exact) mass is 218 g/mol. The third-order valence-electron chi connectivity index (χ3n) is 2.38. The quantitative estimate of drug-likeness (QED) is 0.758. The van der Waals surface area contributed by atoms with Crippen molar-refractivity contribution in [2.75, 3.05) is 0 Å². The van der Waals surface area contributed by atoms with E-state index >= 15 is 0 Å². The van der Waals surface area contributed by atoms with Crippen LogP contribution in [0.3, 0.4) is 0 Å². The van der Waals surface area contributed by atoms with Crippen LogP contribution in [0.2, 0.25) is 0 Å². The van der Waals surface area contributed by atoms with Crippen molar-refractivity contribution in [3.8, 4) is 5.75 Å². The minimum atomic E-state index is 0.665. The summed E-state index contributed by atoms with van der Waals surface area (Å²) in [6.45, 7) is 4.86. The van der Waals surface area contributed by atoms with Crippen molar-refractivity contribution in [1.29, 1.82) is 0 Å². The van der Waals surface area contributed by atoms with Crippen LogP contribution in [0.15, 0.2) is 35.7 Å². The van der Waals surface area contributed by atoms with E-state index in [-0.39, 0.29) is 0 Å². The highest BCUT2D eigenvalue weighted by molar-refractivity contribution is 7.10. The van der Waals surface area contributed by atoms with E-state index < -0.39 is 0 Å². The lowest BCUT2D eigenvalue weighted by Crippen LogP contribution is -1.94. The zero-order valence-corrected chi connectivity index (χ0v) is 9.80. The molecular formula is C13H14OS. The summed E-state index contributed by atoms with van der Waals surface area (Å²) in [6, 6.07) is 10.3. The molecule has 1 nitrogen and oxygen atoms in total. The van der Waals surface area contributed by atoms with Crippen LogP contribution in [0.4, 0.5) is 0 Å². The summed E-state index contributed by atoms with van der Waals surface area (Å²) < 4.78 is 5.69. The molecule has 0 saturated carbocycles. The topological polar surface area (TPSA) is 9.23 Å². The maximum Gasteiger partial charge on any atom is 0.119 e. The third-order valence-corrected chi connectivity index (χ3v) is 3.27. The van der Waals surface area contributed by atoms with Gasteiger partial charge in [-0.3, -0.25) is 0 Å². The van der Waals surface area contributed by atoms with Crippen molar-refractivity contribution in [2.24, 2.45) is 0 Å². The smallest absolute Gasteiger partial charge is 0.119 e. The fourth-order valence-corrected chi connectivity index (χ4v) is 2.07. The van der Waals surface area contributed by atoms with Crippen molar-refractivity contribution in [1.82, 2.24) is 0 Å². The molecule has 0 unspecified atom stereocenters. The van der Waals surface area contributed by atoms with E-state index in [0.717, 1.165) is 5.75 Å². The van der Waals surface area contributed by atoms with E-state index in [1.54, 1.807) is 11.3 Å². The lowest BCUT2D eigenvalue weighted by Gasteiger charge is -2.05. The minimum absolute atomic E-state index is 0.665. The zero-order chi connectivity index (χ0) is 10.7. The number of thiophene rings is 1. The predicted octanol–water partition coefficient (Wildman–Crippen LogP) is 3.94. The molecule has 0 aliphatic carbocycles. The first-order valence-electron chi connectivity index (χ1n) is 4.98. The van der Waals surface area contributed by atoms with Crippen molar-refractivity contribution in [2.45, 2.75) is 20.5 Å². The molecule has 0 radical (unpaired) electrons. The van der Waals surface area contributed by atoms with Gasteiger partial charge in [0.25, 0.3) is 0 Å². The Morgan fingerprint density at radius 1 is 1.07 bits per heavy atom. The van der Waals surface area contributed by atoms with E-state index in [9.17, 15) is 0 Å². The Kier molecular flexibility index (Phi) is 3.07. The number of hydrogen-bond acceptors (Lipinski definition) is 2. The molecule has 2 aromatic rings. The summed E-state index contributed by atoms with van der Waals surface area (Å²) in [5.41, 5.74) is 2.54. The van der Waals surface area contributed by atoms with E-state index in [1.807, 2.05) is 12.1 Å². The Hall–Kier alpha value is -1.28. The van der Waals surface area contributed by atoms with Crippen molar-refractivity contribution >= 4 is 11.3 Å². The number of rotatable bonds is 3. The number of benzene rings is 1. The molecule has 0 fully saturated rings. The maximum absolute atomic E-state index is 5.69. The Bertz CT molecular complexity index is 428. The van der Waals surface area contributed by atoms with E-state index in [2.05, 4.69) is 37.4 Å². The molecule has 0 N–H and O–H groups in total. The lowest BCUT2D eigenvalue weighted by molar-refractivity contribution is 0.306. The molecule has 2 rings (SSSR count). The molecule has 0 spiro atoms. The number of aryl methyl sites for hydroxylation is 2. The second-order valence-corrected chi connectivity index (χ2v) is 4.72. The highest BCUT2D eigenvalue weighted by atomic mass is 32.1. The van der Waals surface area contributed by atoms with Crippen LogP contribution in [0, 0.1) is 13.8 Å². The highest BCUT2D eigenvalue weighted by Gasteiger charge is 2.00. The van der Waals surface area contributed by atoms with Crippen LogP contribution in [0.1, 0.15) is 16.0 Å². The molecule has 1 aromatic heterocycles. The standard InChI is InChI=1S/C13H14OS/c1-10-3-5-13(6-4-10)14-9-12-7-8-15-11(12)2/h3-8H,9H2,1-2H3. The van der Waals surface area contributed by atoms with Gasteiger partial charge in [-0.1, -0.05) is 17.7 Å². The second kappa shape index (κ2) is 4.49. The summed E-state index contributed by atoms with van der Waals surface area (Å²) in [5, 5.41) is 2.10. The SMILES string of the molecule is Cc1ccc(OCc2ccsc2C)cc1. The molecule has 2 heteroatoms. The first-order valence-corrected chi connectivity index (χ1v) is 5.86. The van der Waals surface area contributed by atoms with Crippen LogP contribution in [-0.2, 0) is 6.61 Å². The summed E-state index contributed by atoms with van der Waals surface area (Å²) in [4.78, 5) is 1.34.